The van der Waals surface area contributed by atoms with E-state index in [1.807, 2.05) is 4.90 Å². The summed E-state index contributed by atoms with van der Waals surface area (Å²) < 4.78 is 0. The number of nitrogens with zero attached hydrogens (tertiary/aromatic N) is 4. The third kappa shape index (κ3) is 6.03. The van der Waals surface area contributed by atoms with E-state index in [0.29, 0.717) is 36.4 Å². The van der Waals surface area contributed by atoms with Gasteiger partial charge in [0.05, 0.1) is 11.7 Å². The number of rotatable bonds is 7. The van der Waals surface area contributed by atoms with Crippen LogP contribution in [-0.4, -0.2) is 37.1 Å². The summed E-state index contributed by atoms with van der Waals surface area (Å²) in [6.45, 7) is 0.696. The minimum absolute atomic E-state index is 0.0950. The second-order valence-electron chi connectivity index (χ2n) is 6.32. The molecule has 7 heteroatoms. The molecule has 0 saturated carbocycles. The van der Waals surface area contributed by atoms with Gasteiger partial charge >= 0.3 is 0 Å². The number of unbranched alkanes of at least 4 members (excludes halogenated alkanes) is 2. The van der Waals surface area contributed by atoms with E-state index in [1.54, 1.807) is 24.3 Å². The van der Waals surface area contributed by atoms with Gasteiger partial charge in [-0.2, -0.15) is 0 Å². The van der Waals surface area contributed by atoms with Gasteiger partial charge in [0.2, 0.25) is 5.91 Å². The molecule has 2 rings (SSSR count). The normalized spacial score (nSPS) is 18.0. The molecular formula is C19H24BN5O. The van der Waals surface area contributed by atoms with Crippen molar-refractivity contribution in [1.29, 1.82) is 0 Å². The highest BCUT2D eigenvalue weighted by Gasteiger charge is 2.29. The summed E-state index contributed by atoms with van der Waals surface area (Å²) in [6, 6.07) is 6.81. The summed E-state index contributed by atoms with van der Waals surface area (Å²) in [5.74, 6) is 3.00. The molecule has 1 fully saturated rings. The van der Waals surface area contributed by atoms with Crippen molar-refractivity contribution in [3.8, 4) is 12.3 Å². The Morgan fingerprint density at radius 3 is 3.00 bits per heavy atom. The third-order valence-corrected chi connectivity index (χ3v) is 4.32. The Morgan fingerprint density at radius 2 is 2.23 bits per heavy atom. The van der Waals surface area contributed by atoms with E-state index in [0.717, 1.165) is 32.1 Å². The van der Waals surface area contributed by atoms with Crippen LogP contribution in [0.2, 0.25) is 0 Å². The first-order valence-corrected chi connectivity index (χ1v) is 8.94. The molecule has 26 heavy (non-hydrogen) atoms. The van der Waals surface area contributed by atoms with Crippen molar-refractivity contribution < 1.29 is 4.79 Å². The van der Waals surface area contributed by atoms with Crippen molar-refractivity contribution in [3.05, 3.63) is 24.3 Å². The summed E-state index contributed by atoms with van der Waals surface area (Å²) in [5, 5.41) is 11.8. The van der Waals surface area contributed by atoms with Crippen molar-refractivity contribution in [2.24, 2.45) is 21.2 Å². The van der Waals surface area contributed by atoms with Crippen molar-refractivity contribution in [1.82, 2.24) is 4.90 Å². The molecule has 1 saturated heterocycles. The minimum atomic E-state index is -0.219. The molecule has 2 radical (unpaired) electrons. The van der Waals surface area contributed by atoms with E-state index in [1.165, 1.54) is 0 Å². The SMILES string of the molecule is [B]c1cccc(N=NN=C(N)C2CCCCN2C(=O)CCCCC#C)c1. The van der Waals surface area contributed by atoms with Gasteiger partial charge in [0, 0.05) is 19.4 Å². The van der Waals surface area contributed by atoms with Crippen molar-refractivity contribution in [3.63, 3.8) is 0 Å². The minimum Gasteiger partial charge on any atom is -0.384 e. The number of likely N-dealkylation sites (tertiary alicyclic amines) is 1. The number of terminal acetylenes is 1. The lowest BCUT2D eigenvalue weighted by atomic mass is 9.96. The molecule has 1 unspecified atom stereocenters. The number of carbonyl (C=O) groups excluding carboxylic acids is 1. The highest BCUT2D eigenvalue weighted by molar-refractivity contribution is 6.32. The van der Waals surface area contributed by atoms with Crippen LogP contribution in [0, 0.1) is 12.3 Å². The summed E-state index contributed by atoms with van der Waals surface area (Å²) in [5.41, 5.74) is 7.31. The average Bonchev–Trinajstić information content (AvgIpc) is 2.65. The summed E-state index contributed by atoms with van der Waals surface area (Å²) in [7, 11) is 5.70. The van der Waals surface area contributed by atoms with E-state index < -0.39 is 0 Å². The van der Waals surface area contributed by atoms with Crippen LogP contribution in [0.4, 0.5) is 5.69 Å². The van der Waals surface area contributed by atoms with E-state index >= 15 is 0 Å². The van der Waals surface area contributed by atoms with Gasteiger partial charge in [-0.1, -0.05) is 17.6 Å². The van der Waals surface area contributed by atoms with Gasteiger partial charge in [0.1, 0.15) is 13.7 Å². The first-order valence-electron chi connectivity index (χ1n) is 8.94. The maximum absolute atomic E-state index is 12.5. The maximum atomic E-state index is 12.5. The maximum Gasteiger partial charge on any atom is 0.223 e. The van der Waals surface area contributed by atoms with Crippen LogP contribution in [0.3, 0.4) is 0 Å². The van der Waals surface area contributed by atoms with Crippen LogP contribution in [0.15, 0.2) is 39.7 Å². The number of nitrogens with two attached hydrogens (primary N) is 1. The predicted octanol–water partition coefficient (Wildman–Crippen LogP) is 2.41. The topological polar surface area (TPSA) is 83.4 Å². The fraction of sp³-hybridized carbons (Fsp3) is 0.474. The zero-order valence-corrected chi connectivity index (χ0v) is 15.0. The molecule has 0 bridgehead atoms. The second kappa shape index (κ2) is 10.4. The molecule has 1 heterocycles. The molecule has 1 amide bonds. The molecule has 0 spiro atoms. The highest BCUT2D eigenvalue weighted by atomic mass is 16.2. The Bertz CT molecular complexity index is 710. The fourth-order valence-electron chi connectivity index (χ4n) is 2.96. The Kier molecular flexibility index (Phi) is 7.88. The summed E-state index contributed by atoms with van der Waals surface area (Å²) in [6.07, 6.45) is 10.9. The smallest absolute Gasteiger partial charge is 0.223 e. The largest absolute Gasteiger partial charge is 0.384 e. The van der Waals surface area contributed by atoms with Gasteiger partial charge < -0.3 is 10.6 Å². The van der Waals surface area contributed by atoms with E-state index in [4.69, 9.17) is 20.0 Å². The Hall–Kier alpha value is -2.62. The van der Waals surface area contributed by atoms with Crippen LogP contribution < -0.4 is 11.2 Å². The van der Waals surface area contributed by atoms with Crippen LogP contribution in [0.1, 0.15) is 44.9 Å². The molecule has 1 atom stereocenters. The van der Waals surface area contributed by atoms with Crippen molar-refractivity contribution >= 4 is 30.7 Å². The molecule has 1 aromatic rings. The Balaban J connectivity index is 1.98. The molecule has 2 N–H and O–H groups in total. The van der Waals surface area contributed by atoms with Gasteiger partial charge in [-0.05, 0) is 49.5 Å². The van der Waals surface area contributed by atoms with E-state index in [9.17, 15) is 4.79 Å². The molecule has 134 valence electrons. The number of amides is 1. The van der Waals surface area contributed by atoms with Crippen LogP contribution >= 0.6 is 0 Å². The van der Waals surface area contributed by atoms with Gasteiger partial charge in [-0.25, -0.2) is 0 Å². The fourth-order valence-corrected chi connectivity index (χ4v) is 2.96. The number of amidine groups is 1. The molecule has 0 aliphatic carbocycles. The summed E-state index contributed by atoms with van der Waals surface area (Å²) in [4.78, 5) is 14.3. The summed E-state index contributed by atoms with van der Waals surface area (Å²) >= 11 is 0. The quantitative estimate of drug-likeness (QED) is 0.156. The second-order valence-corrected chi connectivity index (χ2v) is 6.32. The van der Waals surface area contributed by atoms with Crippen molar-refractivity contribution in [2.45, 2.75) is 51.0 Å². The first-order chi connectivity index (χ1) is 12.6. The Labute approximate surface area is 156 Å². The number of benzene rings is 1. The monoisotopic (exact) mass is 349 g/mol. The van der Waals surface area contributed by atoms with Crippen molar-refractivity contribution in [2.75, 3.05) is 6.54 Å². The first kappa shape index (κ1) is 19.7. The molecule has 6 nitrogen and oxygen atoms in total. The molecule has 1 aromatic carbocycles. The Morgan fingerprint density at radius 1 is 1.38 bits per heavy atom. The third-order valence-electron chi connectivity index (χ3n) is 4.32. The molecular weight excluding hydrogens is 325 g/mol. The lowest BCUT2D eigenvalue weighted by Gasteiger charge is -2.35. The number of piperidine rings is 1. The molecule has 1 aliphatic heterocycles. The van der Waals surface area contributed by atoms with E-state index in [-0.39, 0.29) is 11.9 Å². The van der Waals surface area contributed by atoms with Crippen LogP contribution in [0.5, 0.6) is 0 Å². The average molecular weight is 349 g/mol. The van der Waals surface area contributed by atoms with Crippen LogP contribution in [0.25, 0.3) is 0 Å². The van der Waals surface area contributed by atoms with Gasteiger partial charge in [-0.3, -0.25) is 4.79 Å². The standard InChI is InChI=1S/C19H24BN5O/c1-2-3-4-5-12-18(26)25-13-7-6-11-17(25)19(21)23-24-22-16-10-8-9-15(20)14-16/h1,8-10,14,17H,3-7,11-13H2,(H2,21,22,23). The van der Waals surface area contributed by atoms with Gasteiger partial charge in [-0.15, -0.1) is 22.6 Å². The predicted molar refractivity (Wildman–Crippen MR) is 105 cm³/mol. The number of carbonyl (C=O) groups is 1. The van der Waals surface area contributed by atoms with Gasteiger partial charge in [0.25, 0.3) is 0 Å². The van der Waals surface area contributed by atoms with Gasteiger partial charge in [0.15, 0.2) is 0 Å². The zero-order valence-electron chi connectivity index (χ0n) is 15.0. The van der Waals surface area contributed by atoms with E-state index in [2.05, 4.69) is 21.4 Å². The number of hydrogen-bond acceptors (Lipinski definition) is 3. The van der Waals surface area contributed by atoms with Crippen LogP contribution in [-0.2, 0) is 4.79 Å². The highest BCUT2D eigenvalue weighted by Crippen LogP contribution is 2.19. The zero-order chi connectivity index (χ0) is 18.8. The molecule has 0 aromatic heterocycles. The number of hydrogen-bond donors (Lipinski definition) is 1. The lowest BCUT2D eigenvalue weighted by Crippen LogP contribution is -2.50. The molecule has 1 aliphatic rings. The lowest BCUT2D eigenvalue weighted by molar-refractivity contribution is -0.133.